The molecule has 2 aliphatic rings. The number of nitrogens with one attached hydrogen (secondary N) is 1. The summed E-state index contributed by atoms with van der Waals surface area (Å²) in [5.41, 5.74) is 6.73. The molecule has 1 unspecified atom stereocenters. The first-order chi connectivity index (χ1) is 18.7. The van der Waals surface area contributed by atoms with Crippen molar-refractivity contribution in [3.05, 3.63) is 71.8 Å². The number of nitrogens with two attached hydrogens (primary N) is 1. The number of hydrogen-bond acceptors (Lipinski definition) is 6. The van der Waals surface area contributed by atoms with E-state index in [4.69, 9.17) is 10.6 Å². The van der Waals surface area contributed by atoms with E-state index < -0.39 is 54.1 Å². The number of carboxylic acid groups (broad SMARTS) is 1. The molecule has 2 saturated heterocycles. The van der Waals surface area contributed by atoms with Gasteiger partial charge >= 0.3 is 6.09 Å². The second-order valence-electron chi connectivity index (χ2n) is 9.49. The van der Waals surface area contributed by atoms with E-state index in [0.29, 0.717) is 5.06 Å². The zero-order valence-corrected chi connectivity index (χ0v) is 21.4. The Labute approximate surface area is 225 Å². The van der Waals surface area contributed by atoms with Crippen molar-refractivity contribution in [1.82, 2.24) is 20.2 Å². The molecule has 2 fully saturated rings. The van der Waals surface area contributed by atoms with Gasteiger partial charge < -0.3 is 26.0 Å². The van der Waals surface area contributed by atoms with Gasteiger partial charge in [-0.1, -0.05) is 60.7 Å². The zero-order valence-electron chi connectivity index (χ0n) is 21.4. The summed E-state index contributed by atoms with van der Waals surface area (Å²) in [6, 6.07) is 15.9. The van der Waals surface area contributed by atoms with E-state index in [0.717, 1.165) is 11.1 Å². The fourth-order valence-electron chi connectivity index (χ4n) is 4.94. The van der Waals surface area contributed by atoms with Gasteiger partial charge in [0.15, 0.2) is 12.3 Å². The Kier molecular flexibility index (Phi) is 8.45. The van der Waals surface area contributed by atoms with E-state index in [9.17, 15) is 29.1 Å². The Morgan fingerprint density at radius 1 is 1.03 bits per heavy atom. The predicted molar refractivity (Wildman–Crippen MR) is 137 cm³/mol. The number of carbonyl (C=O) groups is 5. The maximum absolute atomic E-state index is 14.1. The average Bonchev–Trinajstić information content (AvgIpc) is 2.91. The minimum absolute atomic E-state index is 0.0230. The third kappa shape index (κ3) is 6.17. The third-order valence-corrected chi connectivity index (χ3v) is 6.81. The predicted octanol–water partition coefficient (Wildman–Crippen LogP) is 0.511. The maximum atomic E-state index is 14.1. The number of rotatable bonds is 9. The van der Waals surface area contributed by atoms with Crippen LogP contribution in [0.1, 0.15) is 24.5 Å². The van der Waals surface area contributed by atoms with Crippen LogP contribution in [0, 0.1) is 0 Å². The van der Waals surface area contributed by atoms with E-state index in [1.165, 1.54) is 16.7 Å². The molecule has 0 aromatic heterocycles. The quantitative estimate of drug-likeness (QED) is 0.420. The monoisotopic (exact) mass is 537 g/mol. The summed E-state index contributed by atoms with van der Waals surface area (Å²) in [5, 5.41) is 13.2. The minimum Gasteiger partial charge on any atom is -0.463 e. The van der Waals surface area contributed by atoms with Crippen LogP contribution < -0.4 is 11.1 Å². The normalized spacial score (nSPS) is 21.8. The van der Waals surface area contributed by atoms with Crippen molar-refractivity contribution >= 4 is 29.7 Å². The van der Waals surface area contributed by atoms with Crippen LogP contribution in [0.5, 0.6) is 0 Å². The molecule has 12 nitrogen and oxygen atoms in total. The Morgan fingerprint density at radius 2 is 1.64 bits per heavy atom. The molecule has 0 aliphatic carbocycles. The highest BCUT2D eigenvalue weighted by Crippen LogP contribution is 2.30. The molecule has 4 atom stereocenters. The number of hydroxylamine groups is 2. The largest absolute Gasteiger partial charge is 0.463 e. The standard InChI is InChI=1S/C27H31N5O7/c1-17-25(35)31-21(15-19-10-6-3-7-11-19)26(36)30(16-23(31)32(39-17)27(37)38)20(14-18-8-4-2-5-9-18)24(34)29-13-12-22(28)33/h2-11,17,20-21,23H,12-16H2,1H3,(H2,28,33)(H,29,34)(H,37,38)/t17-,20+,21+,23?/m1/s1. The van der Waals surface area contributed by atoms with Gasteiger partial charge in [0.05, 0.1) is 6.54 Å². The minimum atomic E-state index is -1.43. The summed E-state index contributed by atoms with van der Waals surface area (Å²) < 4.78 is 0. The summed E-state index contributed by atoms with van der Waals surface area (Å²) in [7, 11) is 0. The van der Waals surface area contributed by atoms with Crippen molar-refractivity contribution in [3.8, 4) is 0 Å². The smallest absolute Gasteiger partial charge is 0.433 e. The Morgan fingerprint density at radius 3 is 2.23 bits per heavy atom. The topological polar surface area (TPSA) is 163 Å². The summed E-state index contributed by atoms with van der Waals surface area (Å²) in [6.45, 7) is 1.12. The van der Waals surface area contributed by atoms with Crippen LogP contribution in [0.4, 0.5) is 4.79 Å². The van der Waals surface area contributed by atoms with Crippen LogP contribution in [0.2, 0.25) is 0 Å². The van der Waals surface area contributed by atoms with Crippen molar-refractivity contribution in [2.24, 2.45) is 5.73 Å². The van der Waals surface area contributed by atoms with Crippen molar-refractivity contribution in [2.75, 3.05) is 13.1 Å². The molecule has 0 spiro atoms. The van der Waals surface area contributed by atoms with E-state index in [2.05, 4.69) is 5.32 Å². The van der Waals surface area contributed by atoms with Crippen LogP contribution in [0.25, 0.3) is 0 Å². The SMILES string of the molecule is C[C@H]1ON(C(=O)O)C2CN([C@@H](Cc3ccccc3)C(=O)NCCC(N)=O)C(=O)[C@H](Cc3ccccc3)N2C1=O. The Hall–Kier alpha value is -4.45. The van der Waals surface area contributed by atoms with Gasteiger partial charge in [-0.05, 0) is 18.1 Å². The highest BCUT2D eigenvalue weighted by atomic mass is 16.7. The fourth-order valence-corrected chi connectivity index (χ4v) is 4.94. The van der Waals surface area contributed by atoms with Crippen LogP contribution in [-0.4, -0.2) is 87.1 Å². The van der Waals surface area contributed by atoms with Crippen molar-refractivity contribution in [2.45, 2.75) is 50.5 Å². The highest BCUT2D eigenvalue weighted by molar-refractivity contribution is 5.95. The maximum Gasteiger partial charge on any atom is 0.433 e. The van der Waals surface area contributed by atoms with E-state index in [1.807, 2.05) is 36.4 Å². The zero-order chi connectivity index (χ0) is 28.1. The van der Waals surface area contributed by atoms with Gasteiger partial charge in [-0.2, -0.15) is 5.06 Å². The molecular formula is C27H31N5O7. The van der Waals surface area contributed by atoms with Gasteiger partial charge in [0.2, 0.25) is 17.7 Å². The summed E-state index contributed by atoms with van der Waals surface area (Å²) in [6.07, 6.45) is -3.57. The lowest BCUT2D eigenvalue weighted by molar-refractivity contribution is -0.262. The third-order valence-electron chi connectivity index (χ3n) is 6.81. The second kappa shape index (κ2) is 11.9. The molecule has 0 saturated carbocycles. The van der Waals surface area contributed by atoms with Gasteiger partial charge in [-0.25, -0.2) is 4.79 Å². The molecule has 0 radical (unpaired) electrons. The van der Waals surface area contributed by atoms with Crippen LogP contribution in [0.15, 0.2) is 60.7 Å². The molecule has 4 rings (SSSR count). The van der Waals surface area contributed by atoms with E-state index in [1.54, 1.807) is 24.3 Å². The highest BCUT2D eigenvalue weighted by Gasteiger charge is 2.53. The van der Waals surface area contributed by atoms with Gasteiger partial charge in [0.25, 0.3) is 5.91 Å². The first kappa shape index (κ1) is 27.6. The number of piperazine rings is 1. The van der Waals surface area contributed by atoms with Crippen molar-refractivity contribution in [1.29, 1.82) is 0 Å². The van der Waals surface area contributed by atoms with Crippen LogP contribution >= 0.6 is 0 Å². The van der Waals surface area contributed by atoms with Gasteiger partial charge in [0.1, 0.15) is 12.1 Å². The summed E-state index contributed by atoms with van der Waals surface area (Å²) in [5.74, 6) is -2.13. The molecule has 5 amide bonds. The second-order valence-corrected chi connectivity index (χ2v) is 9.49. The van der Waals surface area contributed by atoms with Gasteiger partial charge in [-0.15, -0.1) is 0 Å². The molecule has 2 aliphatic heterocycles. The van der Waals surface area contributed by atoms with Crippen molar-refractivity contribution in [3.63, 3.8) is 0 Å². The summed E-state index contributed by atoms with van der Waals surface area (Å²) >= 11 is 0. The molecule has 206 valence electrons. The lowest BCUT2D eigenvalue weighted by Crippen LogP contribution is -2.75. The molecular weight excluding hydrogens is 506 g/mol. The molecule has 2 aromatic rings. The summed E-state index contributed by atoms with van der Waals surface area (Å²) in [4.78, 5) is 72.2. The average molecular weight is 538 g/mol. The first-order valence-electron chi connectivity index (χ1n) is 12.6. The van der Waals surface area contributed by atoms with Crippen LogP contribution in [0.3, 0.4) is 0 Å². The van der Waals surface area contributed by atoms with Crippen LogP contribution in [-0.2, 0) is 36.9 Å². The number of fused-ring (bicyclic) bond motifs is 1. The number of benzene rings is 2. The molecule has 2 heterocycles. The molecule has 0 bridgehead atoms. The lowest BCUT2D eigenvalue weighted by Gasteiger charge is -2.53. The van der Waals surface area contributed by atoms with Gasteiger partial charge in [-0.3, -0.25) is 24.0 Å². The first-order valence-corrected chi connectivity index (χ1v) is 12.6. The van der Waals surface area contributed by atoms with E-state index in [-0.39, 0.29) is 32.4 Å². The van der Waals surface area contributed by atoms with Crippen molar-refractivity contribution < 1.29 is 33.9 Å². The number of nitrogens with zero attached hydrogens (tertiary/aromatic N) is 3. The molecule has 4 N–H and O–H groups in total. The molecule has 2 aromatic carbocycles. The van der Waals surface area contributed by atoms with Gasteiger partial charge in [0, 0.05) is 25.8 Å². The molecule has 12 heteroatoms. The molecule has 39 heavy (non-hydrogen) atoms. The fraction of sp³-hybridized carbons (Fsp3) is 0.370. The number of primary amides is 1. The number of carbonyl (C=O) groups excluding carboxylic acids is 4. The number of amides is 5. The van der Waals surface area contributed by atoms with E-state index >= 15 is 0 Å². The Bertz CT molecular complexity index is 1230. The Balaban J connectivity index is 1.73. The number of hydrogen-bond donors (Lipinski definition) is 3. The lowest BCUT2D eigenvalue weighted by atomic mass is 9.95.